The van der Waals surface area contributed by atoms with Crippen molar-refractivity contribution < 1.29 is 4.12 Å². The highest BCUT2D eigenvalue weighted by Gasteiger charge is 2.65. The fourth-order valence-electron chi connectivity index (χ4n) is 10.3. The van der Waals surface area contributed by atoms with Crippen molar-refractivity contribution in [2.45, 2.75) is 154 Å². The smallest absolute Gasteiger partial charge is 0.251 e. The normalized spacial score (nSPS) is 20.3. The average molecular weight is 716 g/mol. The lowest BCUT2D eigenvalue weighted by atomic mass is 10.1. The second-order valence-electron chi connectivity index (χ2n) is 20.9. The molecule has 1 aliphatic heterocycles. The van der Waals surface area contributed by atoms with E-state index in [0.29, 0.717) is 10.3 Å². The first-order valence-electron chi connectivity index (χ1n) is 17.3. The van der Waals surface area contributed by atoms with E-state index in [-0.39, 0.29) is 0 Å². The van der Waals surface area contributed by atoms with Crippen molar-refractivity contribution in [2.75, 3.05) is 0 Å². The molecule has 1 aliphatic rings. The number of hydrogen-bond donors (Lipinski definition) is 0. The van der Waals surface area contributed by atoms with Gasteiger partial charge in [-0.3, -0.25) is 0 Å². The fraction of sp³-hybridized carbons (Fsp3) is 0.667. The first-order chi connectivity index (χ1) is 19.3. The Hall–Kier alpha value is -0.0818. The molecule has 3 rings (SSSR count). The van der Waals surface area contributed by atoms with Crippen LogP contribution in [0, 0.1) is 20.8 Å². The maximum atomic E-state index is 8.03. The topological polar surface area (TPSA) is 9.23 Å². The summed E-state index contributed by atoms with van der Waals surface area (Å²) in [6.07, 6.45) is 0. The van der Waals surface area contributed by atoms with Crippen molar-refractivity contribution in [3.63, 3.8) is 0 Å². The van der Waals surface area contributed by atoms with E-state index >= 15 is 0 Å². The molecule has 0 N–H and O–H groups in total. The van der Waals surface area contributed by atoms with Crippen LogP contribution in [0.2, 0.25) is 118 Å². The van der Waals surface area contributed by atoms with Crippen molar-refractivity contribution in [1.29, 1.82) is 0 Å². The molecule has 2 aromatic carbocycles. The van der Waals surface area contributed by atoms with Gasteiger partial charge in [0.25, 0.3) is 8.32 Å². The zero-order valence-corrected chi connectivity index (χ0v) is 39.9. The Kier molecular flexibility index (Phi) is 10.3. The van der Waals surface area contributed by atoms with Crippen molar-refractivity contribution in [3.8, 4) is 0 Å². The third kappa shape index (κ3) is 7.32. The molecular formula is C36H70OSi7. The van der Waals surface area contributed by atoms with Gasteiger partial charge in [0.15, 0.2) is 8.32 Å². The first-order valence-corrected chi connectivity index (χ1v) is 40.6. The summed E-state index contributed by atoms with van der Waals surface area (Å²) in [5, 5.41) is 5.44. The van der Waals surface area contributed by atoms with Crippen molar-refractivity contribution in [1.82, 2.24) is 0 Å². The van der Waals surface area contributed by atoms with Crippen LogP contribution in [0.5, 0.6) is 0 Å². The number of hydrogen-bond acceptors (Lipinski definition) is 1. The first kappa shape index (κ1) is 38.4. The Morgan fingerprint density at radius 1 is 0.545 bits per heavy atom. The number of aryl methyl sites for hydroxylation is 3. The lowest BCUT2D eigenvalue weighted by Gasteiger charge is -2.59. The molecule has 2 aromatic rings. The van der Waals surface area contributed by atoms with Crippen LogP contribution in [-0.2, 0) is 4.12 Å². The van der Waals surface area contributed by atoms with Crippen LogP contribution >= 0.6 is 0 Å². The lowest BCUT2D eigenvalue weighted by Crippen LogP contribution is -2.81. The Morgan fingerprint density at radius 2 is 0.955 bits per heavy atom. The van der Waals surface area contributed by atoms with Gasteiger partial charge in [-0.1, -0.05) is 128 Å². The standard InChI is InChI=1S/C36H70OSi7/c1-26-22-27(2)32(28(3)23-26)44(37-43(19,20)21)33-30(35(40(10,11)12)41(13,14)15)24-29(25-31(33)36(44)42(16,17)18)34(38(4,5)6)39(7,8)9/h22-25,34-36H,1-21H3/t36-,44?/m1/s1. The van der Waals surface area contributed by atoms with E-state index in [9.17, 15) is 0 Å². The van der Waals surface area contributed by atoms with Gasteiger partial charge in [0, 0.05) is 37.5 Å². The molecule has 0 saturated carbocycles. The largest absolute Gasteiger partial charge is 0.449 e. The van der Waals surface area contributed by atoms with Crippen LogP contribution < -0.4 is 10.4 Å². The highest BCUT2D eigenvalue weighted by atomic mass is 28.5. The molecule has 0 aromatic heterocycles. The molecule has 0 fully saturated rings. The molecule has 248 valence electrons. The predicted molar refractivity (Wildman–Crippen MR) is 222 cm³/mol. The summed E-state index contributed by atoms with van der Waals surface area (Å²) in [6.45, 7) is 54.4. The molecule has 0 amide bonds. The minimum Gasteiger partial charge on any atom is -0.449 e. The summed E-state index contributed by atoms with van der Waals surface area (Å²) >= 11 is 0. The van der Waals surface area contributed by atoms with E-state index in [1.807, 2.05) is 0 Å². The zero-order valence-electron chi connectivity index (χ0n) is 32.9. The van der Waals surface area contributed by atoms with Crippen LogP contribution in [0.4, 0.5) is 0 Å². The van der Waals surface area contributed by atoms with E-state index in [1.54, 1.807) is 27.1 Å². The molecule has 0 radical (unpaired) electrons. The Balaban J connectivity index is 2.73. The van der Waals surface area contributed by atoms with Gasteiger partial charge in [-0.2, -0.15) is 0 Å². The van der Waals surface area contributed by atoms with Crippen molar-refractivity contribution in [3.05, 3.63) is 57.6 Å². The van der Waals surface area contributed by atoms with Gasteiger partial charge in [0.1, 0.15) is 0 Å². The van der Waals surface area contributed by atoms with Gasteiger partial charge in [0.2, 0.25) is 0 Å². The maximum Gasteiger partial charge on any atom is 0.251 e. The van der Waals surface area contributed by atoms with Crippen LogP contribution in [0.1, 0.15) is 48.9 Å². The van der Waals surface area contributed by atoms with Crippen LogP contribution in [0.25, 0.3) is 0 Å². The van der Waals surface area contributed by atoms with E-state index < -0.39 is 57.0 Å². The van der Waals surface area contributed by atoms with Crippen LogP contribution in [-0.4, -0.2) is 57.0 Å². The van der Waals surface area contributed by atoms with Gasteiger partial charge < -0.3 is 4.12 Å². The number of fused-ring (bicyclic) bond motifs is 1. The Morgan fingerprint density at radius 3 is 1.30 bits per heavy atom. The average Bonchev–Trinajstić information content (AvgIpc) is 2.65. The summed E-state index contributed by atoms with van der Waals surface area (Å²) in [7, 11) is -12.3. The zero-order chi connectivity index (χ0) is 34.4. The van der Waals surface area contributed by atoms with E-state index in [2.05, 4.69) is 163 Å². The minimum absolute atomic E-state index is 0.586. The Bertz CT molecular complexity index is 1340. The van der Waals surface area contributed by atoms with Gasteiger partial charge in [-0.25, -0.2) is 0 Å². The molecule has 0 aliphatic carbocycles. The molecule has 2 atom stereocenters. The third-order valence-corrected chi connectivity index (χ3v) is 42.0. The van der Waals surface area contributed by atoms with Crippen LogP contribution in [0.15, 0.2) is 24.3 Å². The predicted octanol–water partition coefficient (Wildman–Crippen LogP) is 10.7. The number of rotatable bonds is 10. The fourth-order valence-corrected chi connectivity index (χ4v) is 52.7. The van der Waals surface area contributed by atoms with E-state index in [0.717, 1.165) is 5.16 Å². The maximum absolute atomic E-state index is 8.03. The minimum atomic E-state index is -2.58. The summed E-state index contributed by atoms with van der Waals surface area (Å²) in [5.74, 6) is 0. The summed E-state index contributed by atoms with van der Waals surface area (Å²) in [5.41, 5.74) is 9.58. The molecule has 8 heteroatoms. The summed E-state index contributed by atoms with van der Waals surface area (Å²) < 4.78 is 8.03. The second-order valence-corrected chi connectivity index (χ2v) is 57.3. The molecular weight excluding hydrogens is 645 g/mol. The quantitative estimate of drug-likeness (QED) is 0.223. The van der Waals surface area contributed by atoms with Gasteiger partial charge in [-0.15, -0.1) is 0 Å². The third-order valence-electron chi connectivity index (χ3n) is 9.80. The summed E-state index contributed by atoms with van der Waals surface area (Å²) in [6, 6.07) is 10.6. The van der Waals surface area contributed by atoms with Gasteiger partial charge in [-0.05, 0) is 88.9 Å². The SMILES string of the molecule is Cc1cc(C)c([Si]2(O[Si](C)(C)C)c3c(C([Si](C)(C)C)[Si](C)(C)C)cc(C([Si](C)(C)C)[Si](C)(C)C)cc3[C@@H]2[Si](C)(C)C)c(C)c1. The molecule has 0 saturated heterocycles. The number of benzene rings is 2. The lowest BCUT2D eigenvalue weighted by molar-refractivity contribution is 0.548. The Labute approximate surface area is 281 Å². The molecule has 0 bridgehead atoms. The van der Waals surface area contributed by atoms with Crippen molar-refractivity contribution >= 4 is 67.4 Å². The molecule has 44 heavy (non-hydrogen) atoms. The molecule has 1 nitrogen and oxygen atoms in total. The van der Waals surface area contributed by atoms with E-state index in [4.69, 9.17) is 4.12 Å². The molecule has 1 heterocycles. The second kappa shape index (κ2) is 11.8. The van der Waals surface area contributed by atoms with Gasteiger partial charge in [0.05, 0.1) is 8.07 Å². The highest BCUT2D eigenvalue weighted by Crippen LogP contribution is 2.51. The van der Waals surface area contributed by atoms with E-state index in [1.165, 1.54) is 16.7 Å². The van der Waals surface area contributed by atoms with Crippen LogP contribution in [0.3, 0.4) is 0 Å². The molecule has 0 spiro atoms. The van der Waals surface area contributed by atoms with Crippen molar-refractivity contribution in [2.24, 2.45) is 0 Å². The van der Waals surface area contributed by atoms with Gasteiger partial charge >= 0.3 is 0 Å². The molecule has 1 unspecified atom stereocenters. The summed E-state index contributed by atoms with van der Waals surface area (Å²) in [4.78, 5) is 0. The monoisotopic (exact) mass is 714 g/mol. The highest BCUT2D eigenvalue weighted by molar-refractivity contribution is 7.15.